The van der Waals surface area contributed by atoms with Crippen molar-refractivity contribution in [2.45, 2.75) is 103 Å². The summed E-state index contributed by atoms with van der Waals surface area (Å²) in [6.07, 6.45) is 9.78. The molecule has 3 aliphatic rings. The summed E-state index contributed by atoms with van der Waals surface area (Å²) in [6, 6.07) is 1.28. The number of rotatable bonds is 4. The van der Waals surface area contributed by atoms with Gasteiger partial charge in [-0.25, -0.2) is 0 Å². The molecule has 1 saturated carbocycles. The molecular weight excluding hydrogens is 258 g/mol. The number of hydrogen-bond acceptors (Lipinski definition) is 2. The van der Waals surface area contributed by atoms with Gasteiger partial charge in [0.05, 0.1) is 0 Å². The lowest BCUT2D eigenvalue weighted by Crippen LogP contribution is -2.61. The highest BCUT2D eigenvalue weighted by Crippen LogP contribution is 2.61. The van der Waals surface area contributed by atoms with Gasteiger partial charge in [-0.05, 0) is 52.4 Å². The molecule has 3 rings (SSSR count). The molecule has 122 valence electrons. The molecule has 0 unspecified atom stereocenters. The zero-order chi connectivity index (χ0) is 15.3. The quantitative estimate of drug-likeness (QED) is 0.703. The topological polar surface area (TPSA) is 15.8 Å². The molecule has 21 heavy (non-hydrogen) atoms. The van der Waals surface area contributed by atoms with Crippen molar-refractivity contribution in [1.82, 2.24) is 4.90 Å². The van der Waals surface area contributed by atoms with Crippen LogP contribution in [0.3, 0.4) is 0 Å². The molecule has 0 aromatic carbocycles. The Balaban J connectivity index is 1.80. The molecule has 5 atom stereocenters. The van der Waals surface area contributed by atoms with Gasteiger partial charge in [0.1, 0.15) is 11.2 Å². The minimum Gasteiger partial charge on any atom is -0.361 e. The first-order valence-corrected chi connectivity index (χ1v) is 9.43. The van der Waals surface area contributed by atoms with Crippen molar-refractivity contribution < 1.29 is 4.74 Å². The smallest absolute Gasteiger partial charge is 0.110 e. The molecule has 2 saturated heterocycles. The molecule has 0 N–H and O–H groups in total. The summed E-state index contributed by atoms with van der Waals surface area (Å²) < 4.78 is 6.38. The number of nitrogens with zero attached hydrogens (tertiary/aromatic N) is 1. The first-order chi connectivity index (χ1) is 9.98. The van der Waals surface area contributed by atoms with E-state index in [1.807, 2.05) is 0 Å². The maximum atomic E-state index is 6.38. The summed E-state index contributed by atoms with van der Waals surface area (Å²) in [7, 11) is 0. The van der Waals surface area contributed by atoms with E-state index in [1.54, 1.807) is 0 Å². The van der Waals surface area contributed by atoms with Gasteiger partial charge in [0.2, 0.25) is 0 Å². The second kappa shape index (κ2) is 5.53. The lowest BCUT2D eigenvalue weighted by Gasteiger charge is -2.49. The molecule has 0 aromatic heterocycles. The number of epoxide rings is 1. The van der Waals surface area contributed by atoms with Crippen molar-refractivity contribution in [3.63, 3.8) is 0 Å². The van der Waals surface area contributed by atoms with Crippen molar-refractivity contribution in [3.8, 4) is 0 Å². The fourth-order valence-electron chi connectivity index (χ4n) is 5.70. The highest BCUT2D eigenvalue weighted by atomic mass is 16.6. The van der Waals surface area contributed by atoms with Crippen molar-refractivity contribution in [2.75, 3.05) is 6.54 Å². The summed E-state index contributed by atoms with van der Waals surface area (Å²) in [4.78, 5) is 2.85. The van der Waals surface area contributed by atoms with Crippen LogP contribution in [0.15, 0.2) is 0 Å². The van der Waals surface area contributed by atoms with Crippen molar-refractivity contribution >= 4 is 0 Å². The monoisotopic (exact) mass is 293 g/mol. The van der Waals surface area contributed by atoms with Gasteiger partial charge < -0.3 is 4.74 Å². The van der Waals surface area contributed by atoms with Crippen molar-refractivity contribution in [1.29, 1.82) is 0 Å². The summed E-state index contributed by atoms with van der Waals surface area (Å²) in [5.74, 6) is 1.63. The first kappa shape index (κ1) is 15.8. The van der Waals surface area contributed by atoms with Crippen LogP contribution in [-0.4, -0.2) is 34.7 Å². The van der Waals surface area contributed by atoms with Gasteiger partial charge in [0.15, 0.2) is 0 Å². The molecule has 0 aromatic rings. The SMILES string of the molecule is CC[C@@H]1[C@@H](CC)[C@@]2(C)O[C@@]2(C)[C@@H](C)N1CC1CCCCC1. The summed E-state index contributed by atoms with van der Waals surface area (Å²) in [5, 5.41) is 0. The summed E-state index contributed by atoms with van der Waals surface area (Å²) >= 11 is 0. The molecule has 0 amide bonds. The van der Waals surface area contributed by atoms with E-state index in [0.717, 1.165) is 5.92 Å². The molecule has 2 heteroatoms. The summed E-state index contributed by atoms with van der Waals surface area (Å²) in [5.41, 5.74) is 0.221. The Hall–Kier alpha value is -0.0800. The minimum absolute atomic E-state index is 0.0913. The van der Waals surface area contributed by atoms with Gasteiger partial charge in [-0.2, -0.15) is 0 Å². The Bertz CT molecular complexity index is 378. The standard InChI is InChI=1S/C19H35NO/c1-6-16-17(7-2)20(13-15-11-9-8-10-12-15)14(3)18(4)19(16,5)21-18/h14-17H,6-13H2,1-5H3/t14-,16-,17-,18+,19-/m1/s1. The van der Waals surface area contributed by atoms with E-state index >= 15 is 0 Å². The Morgan fingerprint density at radius 2 is 1.67 bits per heavy atom. The highest BCUT2D eigenvalue weighted by molar-refractivity contribution is 5.24. The molecule has 2 nitrogen and oxygen atoms in total. The van der Waals surface area contributed by atoms with Crippen LogP contribution in [0, 0.1) is 11.8 Å². The lowest BCUT2D eigenvalue weighted by molar-refractivity contribution is 0.00532. The first-order valence-electron chi connectivity index (χ1n) is 9.43. The van der Waals surface area contributed by atoms with Crippen LogP contribution in [0.1, 0.15) is 79.6 Å². The maximum Gasteiger partial charge on any atom is 0.110 e. The second-order valence-corrected chi connectivity index (χ2v) is 8.18. The zero-order valence-corrected chi connectivity index (χ0v) is 14.8. The molecule has 2 heterocycles. The lowest BCUT2D eigenvalue weighted by atomic mass is 9.69. The third-order valence-electron chi connectivity index (χ3n) is 7.31. The zero-order valence-electron chi connectivity index (χ0n) is 14.8. The fraction of sp³-hybridized carbons (Fsp3) is 1.00. The predicted octanol–water partition coefficient (Wildman–Crippen LogP) is 4.62. The maximum absolute atomic E-state index is 6.38. The average molecular weight is 293 g/mol. The van der Waals surface area contributed by atoms with Crippen LogP contribution in [0.4, 0.5) is 0 Å². The molecule has 1 aliphatic carbocycles. The fourth-order valence-corrected chi connectivity index (χ4v) is 5.70. The Morgan fingerprint density at radius 1 is 1.00 bits per heavy atom. The van der Waals surface area contributed by atoms with Gasteiger partial charge in [-0.3, -0.25) is 4.90 Å². The molecule has 2 aliphatic heterocycles. The molecular formula is C19H35NO. The van der Waals surface area contributed by atoms with Gasteiger partial charge >= 0.3 is 0 Å². The Morgan fingerprint density at radius 3 is 2.24 bits per heavy atom. The highest BCUT2D eigenvalue weighted by Gasteiger charge is 2.74. The minimum atomic E-state index is 0.0913. The van der Waals surface area contributed by atoms with Crippen LogP contribution in [0.2, 0.25) is 0 Å². The second-order valence-electron chi connectivity index (χ2n) is 8.18. The van der Waals surface area contributed by atoms with Crippen LogP contribution in [-0.2, 0) is 4.74 Å². The van der Waals surface area contributed by atoms with Gasteiger partial charge in [-0.15, -0.1) is 0 Å². The van der Waals surface area contributed by atoms with Crippen LogP contribution < -0.4 is 0 Å². The van der Waals surface area contributed by atoms with Gasteiger partial charge in [-0.1, -0.05) is 33.1 Å². The normalized spacial score (nSPS) is 48.1. The van der Waals surface area contributed by atoms with E-state index in [-0.39, 0.29) is 11.2 Å². The average Bonchev–Trinajstić information content (AvgIpc) is 3.07. The van der Waals surface area contributed by atoms with E-state index in [1.165, 1.54) is 51.5 Å². The number of ether oxygens (including phenoxy) is 1. The number of fused-ring (bicyclic) bond motifs is 1. The predicted molar refractivity (Wildman–Crippen MR) is 88.5 cm³/mol. The molecule has 3 fully saturated rings. The van der Waals surface area contributed by atoms with E-state index in [9.17, 15) is 0 Å². The van der Waals surface area contributed by atoms with E-state index < -0.39 is 0 Å². The van der Waals surface area contributed by atoms with Gasteiger partial charge in [0, 0.05) is 24.5 Å². The van der Waals surface area contributed by atoms with Crippen LogP contribution in [0.5, 0.6) is 0 Å². The molecule has 0 spiro atoms. The van der Waals surface area contributed by atoms with E-state index in [2.05, 4.69) is 39.5 Å². The third-order valence-corrected chi connectivity index (χ3v) is 7.31. The number of piperidine rings is 1. The van der Waals surface area contributed by atoms with Crippen LogP contribution >= 0.6 is 0 Å². The van der Waals surface area contributed by atoms with Crippen LogP contribution in [0.25, 0.3) is 0 Å². The van der Waals surface area contributed by atoms with Crippen molar-refractivity contribution in [3.05, 3.63) is 0 Å². The summed E-state index contributed by atoms with van der Waals surface area (Å²) in [6.45, 7) is 13.2. The molecule has 0 bridgehead atoms. The number of hydrogen-bond donors (Lipinski definition) is 0. The van der Waals surface area contributed by atoms with E-state index in [4.69, 9.17) is 4.74 Å². The number of likely N-dealkylation sites (tertiary alicyclic amines) is 1. The third kappa shape index (κ3) is 2.28. The van der Waals surface area contributed by atoms with Gasteiger partial charge in [0.25, 0.3) is 0 Å². The Kier molecular flexibility index (Phi) is 4.16. The largest absolute Gasteiger partial charge is 0.361 e. The Labute approximate surface area is 131 Å². The van der Waals surface area contributed by atoms with E-state index in [0.29, 0.717) is 18.0 Å². The molecule has 0 radical (unpaired) electrons. The van der Waals surface area contributed by atoms with Crippen molar-refractivity contribution in [2.24, 2.45) is 11.8 Å².